The largest absolute Gasteiger partial charge is 0.289 e. The van der Waals surface area contributed by atoms with E-state index < -0.39 is 0 Å². The summed E-state index contributed by atoms with van der Waals surface area (Å²) in [6.45, 7) is 0. The van der Waals surface area contributed by atoms with Crippen molar-refractivity contribution in [1.82, 2.24) is 0 Å². The molecule has 1 aliphatic rings. The number of Topliss-reactive ketones (excluding diaryl/α,β-unsaturated/α-hetero) is 1. The van der Waals surface area contributed by atoms with Crippen LogP contribution in [0.15, 0.2) is 29.8 Å². The summed E-state index contributed by atoms with van der Waals surface area (Å²) in [5.74, 6) is 0.137. The number of halogens is 2. The second-order valence-electron chi connectivity index (χ2n) is 3.93. The van der Waals surface area contributed by atoms with Gasteiger partial charge in [-0.15, -0.1) is 0 Å². The Kier molecular flexibility index (Phi) is 4.03. The van der Waals surface area contributed by atoms with Crippen LogP contribution in [0.25, 0.3) is 0 Å². The highest BCUT2D eigenvalue weighted by Crippen LogP contribution is 2.24. The van der Waals surface area contributed by atoms with E-state index in [0.717, 1.165) is 28.4 Å². The topological polar surface area (TPSA) is 17.1 Å². The maximum atomic E-state index is 12.1. The SMILES string of the molecule is O=C(C1=CCCCC1)c1ccc(I)c(Cl)c1. The first-order valence-electron chi connectivity index (χ1n) is 5.37. The molecule has 0 saturated heterocycles. The zero-order valence-corrected chi connectivity index (χ0v) is 11.7. The monoisotopic (exact) mass is 346 g/mol. The van der Waals surface area contributed by atoms with Crippen LogP contribution in [-0.4, -0.2) is 5.78 Å². The van der Waals surface area contributed by atoms with Crippen LogP contribution in [-0.2, 0) is 0 Å². The summed E-state index contributed by atoms with van der Waals surface area (Å²) in [6.07, 6.45) is 6.32. The first kappa shape index (κ1) is 12.1. The molecule has 0 aliphatic heterocycles. The van der Waals surface area contributed by atoms with Gasteiger partial charge in [-0.25, -0.2) is 0 Å². The number of ketones is 1. The quantitative estimate of drug-likeness (QED) is 0.564. The van der Waals surface area contributed by atoms with Gasteiger partial charge in [0.25, 0.3) is 0 Å². The van der Waals surface area contributed by atoms with Crippen LogP contribution in [0.5, 0.6) is 0 Å². The molecule has 0 heterocycles. The van der Waals surface area contributed by atoms with Crippen LogP contribution in [0, 0.1) is 3.57 Å². The van der Waals surface area contributed by atoms with Crippen molar-refractivity contribution in [2.45, 2.75) is 25.7 Å². The van der Waals surface area contributed by atoms with Gasteiger partial charge >= 0.3 is 0 Å². The van der Waals surface area contributed by atoms with Crippen molar-refractivity contribution in [3.05, 3.63) is 44.0 Å². The number of benzene rings is 1. The number of allylic oxidation sites excluding steroid dienone is 2. The van der Waals surface area contributed by atoms with Gasteiger partial charge in [0.15, 0.2) is 5.78 Å². The summed E-state index contributed by atoms with van der Waals surface area (Å²) < 4.78 is 0.980. The molecule has 1 aliphatic carbocycles. The minimum absolute atomic E-state index is 0.137. The number of hydrogen-bond acceptors (Lipinski definition) is 1. The smallest absolute Gasteiger partial charge is 0.188 e. The lowest BCUT2D eigenvalue weighted by Gasteiger charge is -2.11. The molecule has 0 bridgehead atoms. The van der Waals surface area contributed by atoms with Gasteiger partial charge in [0.2, 0.25) is 0 Å². The lowest BCUT2D eigenvalue weighted by Crippen LogP contribution is -2.06. The first-order valence-corrected chi connectivity index (χ1v) is 6.83. The minimum atomic E-state index is 0.137. The van der Waals surface area contributed by atoms with Crippen LogP contribution < -0.4 is 0 Å². The van der Waals surface area contributed by atoms with E-state index in [0.29, 0.717) is 10.6 Å². The van der Waals surface area contributed by atoms with Gasteiger partial charge in [0, 0.05) is 9.13 Å². The molecule has 1 aromatic carbocycles. The lowest BCUT2D eigenvalue weighted by atomic mass is 9.93. The van der Waals surface area contributed by atoms with Gasteiger partial charge in [-0.1, -0.05) is 17.7 Å². The summed E-state index contributed by atoms with van der Waals surface area (Å²) in [5.41, 5.74) is 1.65. The maximum Gasteiger partial charge on any atom is 0.188 e. The number of carbonyl (C=O) groups is 1. The lowest BCUT2D eigenvalue weighted by molar-refractivity contribution is 0.102. The number of carbonyl (C=O) groups excluding carboxylic acids is 1. The molecule has 16 heavy (non-hydrogen) atoms. The van der Waals surface area contributed by atoms with Gasteiger partial charge in [-0.3, -0.25) is 4.79 Å². The molecular formula is C13H12ClIO. The Hall–Kier alpha value is -0.350. The van der Waals surface area contributed by atoms with Crippen LogP contribution in [0.3, 0.4) is 0 Å². The van der Waals surface area contributed by atoms with E-state index in [1.165, 1.54) is 6.42 Å². The third-order valence-electron chi connectivity index (χ3n) is 2.76. The molecule has 0 unspecified atom stereocenters. The number of hydrogen-bond donors (Lipinski definition) is 0. The highest BCUT2D eigenvalue weighted by molar-refractivity contribution is 14.1. The van der Waals surface area contributed by atoms with Gasteiger partial charge in [0.1, 0.15) is 0 Å². The third kappa shape index (κ3) is 2.66. The van der Waals surface area contributed by atoms with Crippen molar-refractivity contribution in [3.63, 3.8) is 0 Å². The molecule has 0 saturated carbocycles. The summed E-state index contributed by atoms with van der Waals surface area (Å²) in [5, 5.41) is 0.655. The molecular weight excluding hydrogens is 334 g/mol. The summed E-state index contributed by atoms with van der Waals surface area (Å²) in [4.78, 5) is 12.1. The fraction of sp³-hybridized carbons (Fsp3) is 0.308. The molecule has 0 spiro atoms. The predicted octanol–water partition coefficient (Wildman–Crippen LogP) is 4.63. The zero-order valence-electron chi connectivity index (χ0n) is 8.80. The molecule has 0 amide bonds. The molecule has 0 atom stereocenters. The molecule has 2 rings (SSSR count). The normalized spacial score (nSPS) is 15.8. The summed E-state index contributed by atoms with van der Waals surface area (Å²) in [6, 6.07) is 5.51. The summed E-state index contributed by atoms with van der Waals surface area (Å²) >= 11 is 8.18. The maximum absolute atomic E-state index is 12.1. The van der Waals surface area contributed by atoms with Crippen molar-refractivity contribution < 1.29 is 4.79 Å². The highest BCUT2D eigenvalue weighted by atomic mass is 127. The fourth-order valence-electron chi connectivity index (χ4n) is 1.87. The van der Waals surface area contributed by atoms with Gasteiger partial charge < -0.3 is 0 Å². The second kappa shape index (κ2) is 5.32. The van der Waals surface area contributed by atoms with E-state index in [-0.39, 0.29) is 5.78 Å². The van der Waals surface area contributed by atoms with Crippen molar-refractivity contribution in [2.24, 2.45) is 0 Å². The van der Waals surface area contributed by atoms with E-state index in [2.05, 4.69) is 28.7 Å². The first-order chi connectivity index (χ1) is 7.68. The van der Waals surface area contributed by atoms with Crippen LogP contribution in [0.1, 0.15) is 36.0 Å². The van der Waals surface area contributed by atoms with E-state index in [1.54, 1.807) is 6.07 Å². The Morgan fingerprint density at radius 2 is 2.12 bits per heavy atom. The third-order valence-corrected chi connectivity index (χ3v) is 4.34. The van der Waals surface area contributed by atoms with Gasteiger partial charge in [-0.2, -0.15) is 0 Å². The molecule has 0 N–H and O–H groups in total. The number of rotatable bonds is 2. The standard InChI is InChI=1S/C13H12ClIO/c14-11-8-10(6-7-12(11)15)13(16)9-4-2-1-3-5-9/h4,6-8H,1-3,5H2. The summed E-state index contributed by atoms with van der Waals surface area (Å²) in [7, 11) is 0. The van der Waals surface area contributed by atoms with Crippen molar-refractivity contribution in [3.8, 4) is 0 Å². The van der Waals surface area contributed by atoms with Crippen LogP contribution in [0.4, 0.5) is 0 Å². The van der Waals surface area contributed by atoms with Gasteiger partial charge in [-0.05, 0) is 72.0 Å². The average Bonchev–Trinajstić information content (AvgIpc) is 2.33. The molecule has 84 valence electrons. The van der Waals surface area contributed by atoms with Crippen LogP contribution >= 0.6 is 34.2 Å². The van der Waals surface area contributed by atoms with Crippen molar-refractivity contribution in [1.29, 1.82) is 0 Å². The van der Waals surface area contributed by atoms with E-state index in [4.69, 9.17) is 11.6 Å². The highest BCUT2D eigenvalue weighted by Gasteiger charge is 2.15. The molecule has 0 radical (unpaired) electrons. The Morgan fingerprint density at radius 3 is 2.75 bits per heavy atom. The van der Waals surface area contributed by atoms with E-state index in [9.17, 15) is 4.79 Å². The average molecular weight is 347 g/mol. The van der Waals surface area contributed by atoms with E-state index in [1.807, 2.05) is 12.1 Å². The fourth-order valence-corrected chi connectivity index (χ4v) is 2.38. The van der Waals surface area contributed by atoms with Gasteiger partial charge in [0.05, 0.1) is 5.02 Å². The predicted molar refractivity (Wildman–Crippen MR) is 75.1 cm³/mol. The molecule has 1 aromatic rings. The molecule has 1 nitrogen and oxygen atoms in total. The van der Waals surface area contributed by atoms with Crippen molar-refractivity contribution >= 4 is 40.0 Å². The Balaban J connectivity index is 2.26. The van der Waals surface area contributed by atoms with Crippen LogP contribution in [0.2, 0.25) is 5.02 Å². The Morgan fingerprint density at radius 1 is 1.31 bits per heavy atom. The molecule has 0 aromatic heterocycles. The molecule has 0 fully saturated rings. The van der Waals surface area contributed by atoms with E-state index >= 15 is 0 Å². The Bertz CT molecular complexity index is 451. The van der Waals surface area contributed by atoms with Crippen molar-refractivity contribution in [2.75, 3.05) is 0 Å². The Labute approximate surface area is 114 Å². The second-order valence-corrected chi connectivity index (χ2v) is 5.50. The zero-order chi connectivity index (χ0) is 11.5. The molecule has 3 heteroatoms. The minimum Gasteiger partial charge on any atom is -0.289 e.